The lowest BCUT2D eigenvalue weighted by Gasteiger charge is -2.26. The number of benzene rings is 1. The van der Waals surface area contributed by atoms with Crippen molar-refractivity contribution in [2.75, 3.05) is 0 Å². The molecule has 0 aromatic heterocycles. The van der Waals surface area contributed by atoms with E-state index < -0.39 is 0 Å². The molecule has 0 unspecified atom stereocenters. The number of ether oxygens (including phenoxy) is 1. The Hall–Kier alpha value is -1.02. The maximum Gasteiger partial charge on any atom is 0.119 e. The van der Waals surface area contributed by atoms with Gasteiger partial charge in [0.2, 0.25) is 0 Å². The average molecular weight is 203 g/mol. The van der Waals surface area contributed by atoms with Crippen LogP contribution in [-0.2, 0) is 5.54 Å². The average Bonchev–Trinajstić information content (AvgIpc) is 2.93. The van der Waals surface area contributed by atoms with Gasteiger partial charge in [-0.3, -0.25) is 0 Å². The topological polar surface area (TPSA) is 35.2 Å². The Morgan fingerprint density at radius 2 is 1.80 bits per heavy atom. The van der Waals surface area contributed by atoms with Crippen LogP contribution >= 0.6 is 0 Å². The van der Waals surface area contributed by atoms with Crippen molar-refractivity contribution in [3.63, 3.8) is 0 Å². The van der Waals surface area contributed by atoms with Gasteiger partial charge in [-0.2, -0.15) is 0 Å². The first-order valence-electron chi connectivity index (χ1n) is 5.82. The van der Waals surface area contributed by atoms with Crippen molar-refractivity contribution in [1.29, 1.82) is 0 Å². The fraction of sp³-hybridized carbons (Fsp3) is 0.538. The van der Waals surface area contributed by atoms with Gasteiger partial charge in [-0.05, 0) is 49.8 Å². The van der Waals surface area contributed by atoms with E-state index in [1.807, 2.05) is 0 Å². The molecule has 2 aliphatic carbocycles. The third-order valence-electron chi connectivity index (χ3n) is 3.57. The summed E-state index contributed by atoms with van der Waals surface area (Å²) < 4.78 is 5.80. The van der Waals surface area contributed by atoms with E-state index in [-0.39, 0.29) is 5.54 Å². The van der Waals surface area contributed by atoms with Crippen LogP contribution in [0.2, 0.25) is 0 Å². The predicted octanol–water partition coefficient (Wildman–Crippen LogP) is 2.57. The molecule has 2 aliphatic rings. The zero-order valence-corrected chi connectivity index (χ0v) is 8.91. The van der Waals surface area contributed by atoms with Crippen LogP contribution in [0.15, 0.2) is 24.3 Å². The summed E-state index contributed by atoms with van der Waals surface area (Å²) in [6.45, 7) is 0. The van der Waals surface area contributed by atoms with Gasteiger partial charge in [0.05, 0.1) is 6.10 Å². The smallest absolute Gasteiger partial charge is 0.119 e. The largest absolute Gasteiger partial charge is 0.490 e. The van der Waals surface area contributed by atoms with Crippen molar-refractivity contribution < 1.29 is 4.74 Å². The summed E-state index contributed by atoms with van der Waals surface area (Å²) in [5.41, 5.74) is 7.35. The summed E-state index contributed by atoms with van der Waals surface area (Å²) in [5, 5.41) is 0. The van der Waals surface area contributed by atoms with Gasteiger partial charge < -0.3 is 10.5 Å². The van der Waals surface area contributed by atoms with Crippen LogP contribution in [0.4, 0.5) is 0 Å². The Balaban J connectivity index is 1.70. The molecular formula is C13H17NO. The Labute approximate surface area is 90.4 Å². The highest BCUT2D eigenvalue weighted by atomic mass is 16.5. The molecule has 1 aromatic carbocycles. The van der Waals surface area contributed by atoms with Gasteiger partial charge in [-0.1, -0.05) is 12.1 Å². The lowest BCUT2D eigenvalue weighted by Crippen LogP contribution is -2.24. The van der Waals surface area contributed by atoms with Gasteiger partial charge >= 0.3 is 0 Å². The second-order valence-electron chi connectivity index (χ2n) is 4.85. The summed E-state index contributed by atoms with van der Waals surface area (Å²) in [6.07, 6.45) is 6.44. The minimum atomic E-state index is -0.0188. The summed E-state index contributed by atoms with van der Waals surface area (Å²) in [4.78, 5) is 0. The molecule has 2 nitrogen and oxygen atoms in total. The minimum Gasteiger partial charge on any atom is -0.490 e. The van der Waals surface area contributed by atoms with Gasteiger partial charge in [-0.25, -0.2) is 0 Å². The summed E-state index contributed by atoms with van der Waals surface area (Å²) in [7, 11) is 0. The molecule has 80 valence electrons. The van der Waals surface area contributed by atoms with Crippen LogP contribution in [0.5, 0.6) is 5.75 Å². The van der Waals surface area contributed by atoms with E-state index in [9.17, 15) is 0 Å². The molecule has 0 aliphatic heterocycles. The SMILES string of the molecule is NC1(c2ccc(OC3CCC3)cc2)CC1. The molecule has 2 heteroatoms. The van der Waals surface area contributed by atoms with E-state index in [0.29, 0.717) is 6.10 Å². The van der Waals surface area contributed by atoms with E-state index in [2.05, 4.69) is 24.3 Å². The molecule has 15 heavy (non-hydrogen) atoms. The van der Waals surface area contributed by atoms with Crippen molar-refractivity contribution in [2.24, 2.45) is 5.73 Å². The van der Waals surface area contributed by atoms with E-state index in [0.717, 1.165) is 18.6 Å². The molecule has 0 amide bonds. The standard InChI is InChI=1S/C13H17NO/c14-13(8-9-13)10-4-6-12(7-5-10)15-11-2-1-3-11/h4-7,11H,1-3,8-9,14H2. The maximum atomic E-state index is 6.12. The third kappa shape index (κ3) is 1.74. The molecule has 2 fully saturated rings. The Morgan fingerprint density at radius 3 is 2.27 bits per heavy atom. The summed E-state index contributed by atoms with van der Waals surface area (Å²) >= 11 is 0. The van der Waals surface area contributed by atoms with E-state index in [4.69, 9.17) is 10.5 Å². The zero-order chi connectivity index (χ0) is 10.3. The second-order valence-corrected chi connectivity index (χ2v) is 4.85. The first-order chi connectivity index (χ1) is 7.26. The van der Waals surface area contributed by atoms with Gasteiger partial charge in [0, 0.05) is 5.54 Å². The van der Waals surface area contributed by atoms with Gasteiger partial charge in [0.25, 0.3) is 0 Å². The number of rotatable bonds is 3. The summed E-state index contributed by atoms with van der Waals surface area (Å²) in [5.74, 6) is 0.993. The molecule has 3 rings (SSSR count). The van der Waals surface area contributed by atoms with Gasteiger partial charge in [0.15, 0.2) is 0 Å². The molecule has 0 heterocycles. The molecule has 1 aromatic rings. The highest BCUT2D eigenvalue weighted by Crippen LogP contribution is 2.43. The van der Waals surface area contributed by atoms with Crippen molar-refractivity contribution in [3.8, 4) is 5.75 Å². The molecular weight excluding hydrogens is 186 g/mol. The number of nitrogens with two attached hydrogens (primary N) is 1. The van der Waals surface area contributed by atoms with Crippen molar-refractivity contribution in [3.05, 3.63) is 29.8 Å². The predicted molar refractivity (Wildman–Crippen MR) is 59.8 cm³/mol. The van der Waals surface area contributed by atoms with Crippen LogP contribution in [0.25, 0.3) is 0 Å². The fourth-order valence-electron chi connectivity index (χ4n) is 1.97. The molecule has 0 bridgehead atoms. The van der Waals surface area contributed by atoms with E-state index in [1.165, 1.54) is 24.8 Å². The molecule has 0 saturated heterocycles. The minimum absolute atomic E-state index is 0.0188. The highest BCUT2D eigenvalue weighted by molar-refractivity contribution is 5.34. The first kappa shape index (κ1) is 9.22. The highest BCUT2D eigenvalue weighted by Gasteiger charge is 2.39. The van der Waals surface area contributed by atoms with Gasteiger partial charge in [-0.15, -0.1) is 0 Å². The maximum absolute atomic E-state index is 6.12. The van der Waals surface area contributed by atoms with Crippen LogP contribution in [-0.4, -0.2) is 6.10 Å². The van der Waals surface area contributed by atoms with Crippen LogP contribution < -0.4 is 10.5 Å². The first-order valence-corrected chi connectivity index (χ1v) is 5.82. The fourth-order valence-corrected chi connectivity index (χ4v) is 1.97. The monoisotopic (exact) mass is 203 g/mol. The normalized spacial score (nSPS) is 23.3. The van der Waals surface area contributed by atoms with Gasteiger partial charge in [0.1, 0.15) is 5.75 Å². The Morgan fingerprint density at radius 1 is 1.13 bits per heavy atom. The molecule has 2 saturated carbocycles. The van der Waals surface area contributed by atoms with Crippen molar-refractivity contribution in [2.45, 2.75) is 43.7 Å². The number of hydrogen-bond acceptors (Lipinski definition) is 2. The lowest BCUT2D eigenvalue weighted by molar-refractivity contribution is 0.120. The quantitative estimate of drug-likeness (QED) is 0.819. The van der Waals surface area contributed by atoms with Crippen LogP contribution in [0.3, 0.4) is 0 Å². The summed E-state index contributed by atoms with van der Waals surface area (Å²) in [6, 6.07) is 8.34. The molecule has 2 N–H and O–H groups in total. The Kier molecular flexibility index (Phi) is 1.99. The Bertz CT molecular complexity index is 349. The lowest BCUT2D eigenvalue weighted by atomic mass is 9.96. The van der Waals surface area contributed by atoms with Crippen LogP contribution in [0.1, 0.15) is 37.7 Å². The van der Waals surface area contributed by atoms with Crippen molar-refractivity contribution >= 4 is 0 Å². The van der Waals surface area contributed by atoms with Crippen LogP contribution in [0, 0.1) is 0 Å². The van der Waals surface area contributed by atoms with Crippen molar-refractivity contribution in [1.82, 2.24) is 0 Å². The van der Waals surface area contributed by atoms with E-state index >= 15 is 0 Å². The zero-order valence-electron chi connectivity index (χ0n) is 8.91. The molecule has 0 radical (unpaired) electrons. The third-order valence-corrected chi connectivity index (χ3v) is 3.57. The molecule has 0 atom stereocenters. The number of hydrogen-bond donors (Lipinski definition) is 1. The molecule has 0 spiro atoms. The second kappa shape index (κ2) is 3.24. The van der Waals surface area contributed by atoms with E-state index in [1.54, 1.807) is 0 Å².